The number of hydrogen-bond donors (Lipinski definition) is 1. The Bertz CT molecular complexity index is 1430. The Morgan fingerprint density at radius 3 is 2.40 bits per heavy atom. The van der Waals surface area contributed by atoms with Crippen molar-refractivity contribution in [2.45, 2.75) is 6.92 Å². The third-order valence-electron chi connectivity index (χ3n) is 5.53. The predicted molar refractivity (Wildman–Crippen MR) is 140 cm³/mol. The number of nitrogens with one attached hydrogen (secondary N) is 1. The van der Waals surface area contributed by atoms with Gasteiger partial charge in [-0.15, -0.1) is 11.3 Å². The molecule has 9 heteroatoms. The van der Waals surface area contributed by atoms with Crippen LogP contribution in [0.3, 0.4) is 0 Å². The van der Waals surface area contributed by atoms with E-state index in [9.17, 15) is 9.59 Å². The first-order valence-corrected chi connectivity index (χ1v) is 12.2. The van der Waals surface area contributed by atoms with E-state index in [1.54, 1.807) is 48.8 Å². The lowest BCUT2D eigenvalue weighted by molar-refractivity contribution is 0.0902. The molecule has 180 valence electrons. The summed E-state index contributed by atoms with van der Waals surface area (Å²) in [4.78, 5) is 30.2. The number of nitrogens with zero attached hydrogens (tertiary/aromatic N) is 1. The minimum absolute atomic E-state index is 0.212. The van der Waals surface area contributed by atoms with E-state index < -0.39 is 5.91 Å². The summed E-state index contributed by atoms with van der Waals surface area (Å²) in [6.07, 6.45) is 0. The maximum absolute atomic E-state index is 13.0. The molecule has 4 rings (SSSR count). The largest absolute Gasteiger partial charge is 0.494 e. The number of halogens is 1. The van der Waals surface area contributed by atoms with Gasteiger partial charge in [0, 0.05) is 21.2 Å². The molecule has 0 saturated carbocycles. The minimum atomic E-state index is -0.407. The van der Waals surface area contributed by atoms with E-state index in [-0.39, 0.29) is 18.0 Å². The van der Waals surface area contributed by atoms with Gasteiger partial charge in [0.1, 0.15) is 17.1 Å². The van der Waals surface area contributed by atoms with Crippen molar-refractivity contribution in [1.82, 2.24) is 10.3 Å². The average Bonchev–Trinajstić information content (AvgIpc) is 3.23. The molecular weight excluding hydrogens is 532 g/mol. The summed E-state index contributed by atoms with van der Waals surface area (Å²) in [7, 11) is 4.58. The van der Waals surface area contributed by atoms with Crippen LogP contribution < -0.4 is 19.5 Å². The maximum Gasteiger partial charge on any atom is 0.251 e. The van der Waals surface area contributed by atoms with Crippen LogP contribution in [0.2, 0.25) is 0 Å². The van der Waals surface area contributed by atoms with Crippen LogP contribution in [0.5, 0.6) is 17.2 Å². The lowest BCUT2D eigenvalue weighted by Gasteiger charge is -2.11. The normalized spacial score (nSPS) is 10.8. The summed E-state index contributed by atoms with van der Waals surface area (Å²) >= 11 is 5.28. The fourth-order valence-electron chi connectivity index (χ4n) is 3.73. The van der Waals surface area contributed by atoms with Gasteiger partial charge in [-0.1, -0.05) is 18.2 Å². The fourth-order valence-corrected chi connectivity index (χ4v) is 5.61. The van der Waals surface area contributed by atoms with Gasteiger partial charge in [0.15, 0.2) is 17.3 Å². The highest BCUT2D eigenvalue weighted by atomic mass is 79.9. The van der Waals surface area contributed by atoms with Gasteiger partial charge in [-0.05, 0) is 58.7 Å². The standard InChI is InChI=1S/C26H23BrN2O5S/c1-14-6-5-7-16-22(25(27)35-24(14)16)23-20(33-3)11-9-17(29-23)18(30)13-28-26(31)15-8-10-19(32-2)21(12-15)34-4/h5-12H,13H2,1-4H3,(H,28,31). The molecule has 0 fully saturated rings. The molecule has 0 saturated heterocycles. The van der Waals surface area contributed by atoms with E-state index >= 15 is 0 Å². The van der Waals surface area contributed by atoms with Crippen molar-refractivity contribution in [2.24, 2.45) is 0 Å². The van der Waals surface area contributed by atoms with Gasteiger partial charge >= 0.3 is 0 Å². The topological polar surface area (TPSA) is 86.8 Å². The fraction of sp³-hybridized carbons (Fsp3) is 0.192. The van der Waals surface area contributed by atoms with Crippen molar-refractivity contribution in [3.63, 3.8) is 0 Å². The molecule has 0 aliphatic heterocycles. The average molecular weight is 555 g/mol. The lowest BCUT2D eigenvalue weighted by Crippen LogP contribution is -2.30. The number of aryl methyl sites for hydroxylation is 1. The van der Waals surface area contributed by atoms with E-state index in [0.717, 1.165) is 25.0 Å². The molecule has 0 atom stereocenters. The van der Waals surface area contributed by atoms with Crippen LogP contribution in [0.15, 0.2) is 52.3 Å². The van der Waals surface area contributed by atoms with Crippen LogP contribution in [-0.4, -0.2) is 44.5 Å². The van der Waals surface area contributed by atoms with Crippen molar-refractivity contribution in [3.05, 3.63) is 69.1 Å². The van der Waals surface area contributed by atoms with Gasteiger partial charge in [0.2, 0.25) is 0 Å². The molecule has 1 N–H and O–H groups in total. The maximum atomic E-state index is 13.0. The molecular formula is C26H23BrN2O5S. The first-order chi connectivity index (χ1) is 16.9. The number of ether oxygens (including phenoxy) is 3. The number of rotatable bonds is 8. The Kier molecular flexibility index (Phi) is 7.37. The number of hydrogen-bond acceptors (Lipinski definition) is 7. The number of Topliss-reactive ketones (excluding diaryl/α,β-unsaturated/α-hetero) is 1. The van der Waals surface area contributed by atoms with Gasteiger partial charge < -0.3 is 19.5 Å². The van der Waals surface area contributed by atoms with Gasteiger partial charge in [0.25, 0.3) is 5.91 Å². The first kappa shape index (κ1) is 24.7. The van der Waals surface area contributed by atoms with E-state index in [0.29, 0.717) is 28.5 Å². The lowest BCUT2D eigenvalue weighted by atomic mass is 10.1. The minimum Gasteiger partial charge on any atom is -0.494 e. The number of carbonyl (C=O) groups excluding carboxylic acids is 2. The summed E-state index contributed by atoms with van der Waals surface area (Å²) in [5.74, 6) is 0.761. The van der Waals surface area contributed by atoms with E-state index in [4.69, 9.17) is 14.2 Å². The van der Waals surface area contributed by atoms with Crippen molar-refractivity contribution in [1.29, 1.82) is 0 Å². The van der Waals surface area contributed by atoms with E-state index in [2.05, 4.69) is 39.2 Å². The number of amides is 1. The Morgan fingerprint density at radius 2 is 1.69 bits per heavy atom. The second kappa shape index (κ2) is 10.5. The number of carbonyl (C=O) groups is 2. The molecule has 7 nitrogen and oxygen atoms in total. The highest BCUT2D eigenvalue weighted by Gasteiger charge is 2.21. The summed E-state index contributed by atoms with van der Waals surface area (Å²) < 4.78 is 18.0. The zero-order valence-corrected chi connectivity index (χ0v) is 22.0. The highest BCUT2D eigenvalue weighted by molar-refractivity contribution is 9.11. The van der Waals surface area contributed by atoms with Gasteiger partial charge in [-0.3, -0.25) is 9.59 Å². The molecule has 0 radical (unpaired) electrons. The zero-order chi connectivity index (χ0) is 25.1. The van der Waals surface area contributed by atoms with Crippen LogP contribution in [0, 0.1) is 6.92 Å². The van der Waals surface area contributed by atoms with Gasteiger partial charge in [-0.2, -0.15) is 0 Å². The molecule has 2 aromatic heterocycles. The van der Waals surface area contributed by atoms with Crippen LogP contribution in [0.1, 0.15) is 26.4 Å². The SMILES string of the molecule is COc1ccc(C(=O)NCC(=O)c2ccc(OC)c(-c3c(Br)sc4c(C)cccc34)n2)cc1OC. The molecule has 0 aliphatic rings. The summed E-state index contributed by atoms with van der Waals surface area (Å²) in [5.41, 5.74) is 3.17. The van der Waals surface area contributed by atoms with Crippen LogP contribution in [0.25, 0.3) is 21.3 Å². The molecule has 1 amide bonds. The van der Waals surface area contributed by atoms with Gasteiger partial charge in [0.05, 0.1) is 31.7 Å². The molecule has 0 bridgehead atoms. The zero-order valence-electron chi connectivity index (χ0n) is 19.6. The highest BCUT2D eigenvalue weighted by Crippen LogP contribution is 2.45. The van der Waals surface area contributed by atoms with Crippen LogP contribution in [0.4, 0.5) is 0 Å². The van der Waals surface area contributed by atoms with Gasteiger partial charge in [-0.25, -0.2) is 4.98 Å². The molecule has 35 heavy (non-hydrogen) atoms. The number of ketones is 1. The summed E-state index contributed by atoms with van der Waals surface area (Å²) in [6.45, 7) is 1.84. The number of pyridine rings is 1. The van der Waals surface area contributed by atoms with E-state index in [1.807, 2.05) is 12.1 Å². The smallest absolute Gasteiger partial charge is 0.251 e. The van der Waals surface area contributed by atoms with E-state index in [1.165, 1.54) is 14.2 Å². The predicted octanol–water partition coefficient (Wildman–Crippen LogP) is 5.67. The third-order valence-corrected chi connectivity index (χ3v) is 7.54. The molecule has 0 spiro atoms. The third kappa shape index (κ3) is 4.87. The Morgan fingerprint density at radius 1 is 0.971 bits per heavy atom. The number of aromatic nitrogens is 1. The van der Waals surface area contributed by atoms with Crippen molar-refractivity contribution in [3.8, 4) is 28.5 Å². The van der Waals surface area contributed by atoms with Crippen LogP contribution in [-0.2, 0) is 0 Å². The molecule has 0 aliphatic carbocycles. The molecule has 0 unspecified atom stereocenters. The van der Waals surface area contributed by atoms with Crippen molar-refractivity contribution in [2.75, 3.05) is 27.9 Å². The Balaban J connectivity index is 1.60. The number of benzene rings is 2. The molecule has 2 heterocycles. The number of thiophene rings is 1. The van der Waals surface area contributed by atoms with Crippen molar-refractivity contribution < 1.29 is 23.8 Å². The number of fused-ring (bicyclic) bond motifs is 1. The molecule has 2 aromatic carbocycles. The Hall–Kier alpha value is -3.43. The molecule has 4 aromatic rings. The number of methoxy groups -OCH3 is 3. The summed E-state index contributed by atoms with van der Waals surface area (Å²) in [6, 6.07) is 14.2. The second-order valence-electron chi connectivity index (χ2n) is 7.63. The monoisotopic (exact) mass is 554 g/mol. The Labute approximate surface area is 215 Å². The first-order valence-electron chi connectivity index (χ1n) is 10.6. The van der Waals surface area contributed by atoms with Crippen LogP contribution >= 0.6 is 27.3 Å². The quantitative estimate of drug-likeness (QED) is 0.282. The van der Waals surface area contributed by atoms with Crippen molar-refractivity contribution >= 4 is 49.0 Å². The second-order valence-corrected chi connectivity index (χ2v) is 9.96. The summed E-state index contributed by atoms with van der Waals surface area (Å²) in [5, 5.41) is 3.68.